The van der Waals surface area contributed by atoms with E-state index in [9.17, 15) is 0 Å². The molecular weight excluding hydrogens is 50.0 g/mol. The predicted molar refractivity (Wildman–Crippen MR) is 11.9 cm³/mol. The van der Waals surface area contributed by atoms with Crippen LogP contribution in [0.2, 0.25) is 0 Å². The van der Waals surface area contributed by atoms with E-state index in [0.29, 0.717) is 0 Å². The highest BCUT2D eigenvalue weighted by Gasteiger charge is 0.00300. The highest BCUT2D eigenvalue weighted by molar-refractivity contribution is 3.25. The van der Waals surface area contributed by atoms with Gasteiger partial charge in [-0.15, -0.1) is 0 Å². The number of rotatable bonds is 0. The standard InChI is InChI=1S/3C.N. The van der Waals surface area contributed by atoms with Crippen LogP contribution in [0.15, 0.2) is 0 Å². The summed E-state index contributed by atoms with van der Waals surface area (Å²) in [6, 6.07) is 0. The molecule has 0 aromatic heterocycles. The van der Waals surface area contributed by atoms with Crippen molar-refractivity contribution in [3.05, 3.63) is 22.3 Å². The van der Waals surface area contributed by atoms with E-state index in [0.717, 1.165) is 0 Å². The fourth-order valence-electron chi connectivity index (χ4n) is 0. The summed E-state index contributed by atoms with van der Waals surface area (Å²) in [5, 5.41) is 0. The fraction of sp³-hybridized carbons (Fsp3) is 0. The highest BCUT2D eigenvalue weighted by Crippen LogP contribution is 0.0833. The van der Waals surface area contributed by atoms with E-state index in [4.69, 9.17) is 0 Å². The van der Waals surface area contributed by atoms with Gasteiger partial charge in [0.25, 0.3) is 0 Å². The molecule has 0 spiro atoms. The van der Waals surface area contributed by atoms with Crippen molar-refractivity contribution in [3.63, 3.8) is 0 Å². The first-order valence-electron chi connectivity index (χ1n) is 0. The number of hydrogen-bond acceptors (Lipinski definition) is 0. The van der Waals surface area contributed by atoms with Gasteiger partial charge in [-0.1, -0.05) is 0 Å². The molecule has 0 rings (SSSR count). The highest BCUT2D eigenvalue weighted by atomic mass is 14.0. The summed E-state index contributed by atoms with van der Waals surface area (Å²) in [5.74, 6) is 0. The third kappa shape index (κ3) is 1130. The summed E-state index contributed by atoms with van der Waals surface area (Å²) in [7, 11) is 0. The topological polar surface area (TPSA) is 30.5 Å². The van der Waals surface area contributed by atoms with Gasteiger partial charge < -0.3 is 0 Å². The number of nitrogens with zero attached hydrogens (tertiary/aromatic N) is 1. The zero-order valence-corrected chi connectivity index (χ0v) is 1.95. The Morgan fingerprint density at radius 3 is 0.500 bits per heavy atom. The minimum atomic E-state index is 0. The second kappa shape index (κ2) is 7110. The van der Waals surface area contributed by atoms with Crippen LogP contribution in [0, 0.1) is 22.3 Å². The van der Waals surface area contributed by atoms with Crippen molar-refractivity contribution in [1.29, 1.82) is 0 Å². The van der Waals surface area contributed by atoms with Gasteiger partial charge in [-0.2, -0.15) is 0 Å². The second-order valence-corrected chi connectivity index (χ2v) is 0. The first-order chi connectivity index (χ1) is 0. The van der Waals surface area contributed by atoms with Gasteiger partial charge in [0.1, 0.15) is 0 Å². The van der Waals surface area contributed by atoms with Gasteiger partial charge in [0.15, 0.2) is 0 Å². The van der Waals surface area contributed by atoms with Crippen LogP contribution in [-0.2, 0) is 0 Å². The maximum atomic E-state index is 0. The largest absolute Gasteiger partial charge is 0 e. The lowest BCUT2D eigenvalue weighted by atomic mass is 12.0. The van der Waals surface area contributed by atoms with E-state index < -0.39 is 0 Å². The lowest BCUT2D eigenvalue weighted by Gasteiger charge is -0.00100. The summed E-state index contributed by atoms with van der Waals surface area (Å²) < 4.78 is 0. The molecule has 0 atom stereocenters. The van der Waals surface area contributed by atoms with Crippen molar-refractivity contribution in [2.24, 2.45) is 0 Å². The van der Waals surface area contributed by atoms with Crippen LogP contribution >= 0.6 is 0 Å². The molecule has 0 aliphatic rings. The van der Waals surface area contributed by atoms with E-state index in [1.54, 1.807) is 0 Å². The maximum absolute atomic E-state index is 0. The molecule has 15 radical (unpaired) electrons. The predicted octanol–water partition coefficient (Wildman–Crippen LogP) is -0.237. The molecule has 0 saturated carbocycles. The van der Waals surface area contributed by atoms with Crippen LogP contribution in [0.25, 0.3) is 0 Å². The lowest BCUT2D eigenvalue weighted by molar-refractivity contribution is 2.13. The summed E-state index contributed by atoms with van der Waals surface area (Å²) in [6.45, 7) is 0. The molecule has 0 aliphatic carbocycles. The third-order valence-corrected chi connectivity index (χ3v) is 0. The molecule has 1 nitrogen and oxygen atoms in total. The summed E-state index contributed by atoms with van der Waals surface area (Å²) in [6.07, 6.45) is 0. The van der Waals surface area contributed by atoms with Crippen molar-refractivity contribution < 1.29 is 0 Å². The second-order valence-electron chi connectivity index (χ2n) is 0. The zero-order chi connectivity index (χ0) is 0. The van der Waals surface area contributed by atoms with Gasteiger partial charge in [-0.3, -0.25) is 0 Å². The Kier molecular flexibility index (Phi) is 38500000. The van der Waals surface area contributed by atoms with Gasteiger partial charge in [0.05, 0.1) is 0 Å². The lowest BCUT2D eigenvalue weighted by Crippen LogP contribution is -0.481. The molecule has 0 N–H and O–H groups in total. The van der Waals surface area contributed by atoms with E-state index in [1.807, 2.05) is 0 Å². The minimum absolute atomic E-state index is 0. The van der Waals surface area contributed by atoms with E-state index >= 15 is 0 Å². The average molecular weight is 50.0 g/mol. The molecular formula is C3N. The van der Waals surface area contributed by atoms with Crippen LogP contribution < -0.4 is 6.15 Å². The molecule has 0 saturated heterocycles. The molecule has 0 aliphatic heterocycles. The van der Waals surface area contributed by atoms with Crippen molar-refractivity contribution in [2.75, 3.05) is 0 Å². The molecule has 0 unspecified atom stereocenters. The van der Waals surface area contributed by atoms with Crippen LogP contribution in [-0.4, -0.2) is 0 Å². The Morgan fingerprint density at radius 2 is 0.500 bits per heavy atom. The zero-order valence-electron chi connectivity index (χ0n) is 1.95. The Morgan fingerprint density at radius 1 is 0.500 bits per heavy atom. The van der Waals surface area contributed by atoms with Crippen LogP contribution in [0.5, 0.6) is 0 Å². The Bertz CT molecular complexity index is 3.25. The Balaban J connectivity index is 0. The molecule has 0 bridgehead atoms. The molecule has 4 heavy (non-hydrogen) atoms. The Hall–Kier alpha value is -0.0400. The van der Waals surface area contributed by atoms with E-state index in [-0.39, 0.29) is 28.4 Å². The smallest absolute Gasteiger partial charge is 0 e. The molecule has 0 aromatic rings. The molecule has 0 aromatic carbocycles. The van der Waals surface area contributed by atoms with Gasteiger partial charge >= 0.3 is 0 Å². The van der Waals surface area contributed by atoms with Crippen LogP contribution in [0.3, 0.4) is 0 Å². The maximum Gasteiger partial charge on any atom is 0 e. The van der Waals surface area contributed by atoms with Crippen molar-refractivity contribution in [2.45, 2.75) is 0 Å². The first kappa shape index (κ1) is 21700. The van der Waals surface area contributed by atoms with Gasteiger partial charge in [-0.25, -0.2) is 0 Å². The van der Waals surface area contributed by atoms with Crippen molar-refractivity contribution >= 4 is 0 Å². The summed E-state index contributed by atoms with van der Waals surface area (Å²) in [5.41, 5.74) is 0. The van der Waals surface area contributed by atoms with Gasteiger partial charge in [-0.05, 0) is 0 Å². The van der Waals surface area contributed by atoms with Crippen molar-refractivity contribution in [3.8, 4) is 0 Å². The third-order valence-electron chi connectivity index (χ3n) is 0. The summed E-state index contributed by atoms with van der Waals surface area (Å²) in [4.78, 5) is 0. The van der Waals surface area contributed by atoms with E-state index in [2.05, 4.69) is 0 Å². The van der Waals surface area contributed by atoms with Crippen LogP contribution in [0.4, 0.5) is 0 Å². The molecule has 0 heterocycles. The van der Waals surface area contributed by atoms with Crippen molar-refractivity contribution in [1.82, 2.24) is 6.15 Å². The average Bonchev–Trinajstić information content (AvgIpc) is 0. The van der Waals surface area contributed by atoms with Gasteiger partial charge in [0.2, 0.25) is 0 Å². The molecule has 1 heteroatoms. The normalized spacial score (nSPS) is 0. The van der Waals surface area contributed by atoms with Gasteiger partial charge in [0, 0.05) is 28.4 Å². The fourth-order valence-corrected chi connectivity index (χ4v) is 0. The quantitative estimate of drug-likeness (QED) is 0.363. The molecule has 17 valence electrons. The SMILES string of the molecule is [C].[C].[C].[N]. The van der Waals surface area contributed by atoms with Crippen LogP contribution in [0.1, 0.15) is 0 Å². The monoisotopic (exact) mass is 50.0 g/mol. The number of hydrogen-bond donors (Lipinski definition) is 0. The Labute approximate surface area is 29.6 Å². The summed E-state index contributed by atoms with van der Waals surface area (Å²) >= 11 is 0. The molecule has 0 fully saturated rings. The first-order valence-corrected chi connectivity index (χ1v) is 0. The van der Waals surface area contributed by atoms with E-state index in [1.165, 1.54) is 0 Å². The minimum Gasteiger partial charge on any atom is 0 e. The molecule has 0 amide bonds.